The minimum Gasteiger partial charge on any atom is -0.508 e. The van der Waals surface area contributed by atoms with Gasteiger partial charge in [0.2, 0.25) is 0 Å². The Kier molecular flexibility index (Phi) is 11.2. The Morgan fingerprint density at radius 3 is 2.45 bits per heavy atom. The lowest BCUT2D eigenvalue weighted by molar-refractivity contribution is -0.0969. The van der Waals surface area contributed by atoms with Crippen molar-refractivity contribution in [2.45, 2.75) is 75.8 Å². The number of alkyl halides is 3. The van der Waals surface area contributed by atoms with E-state index < -0.39 is 35.5 Å². The number of aromatic hydroxyl groups is 1. The van der Waals surface area contributed by atoms with E-state index in [1.54, 1.807) is 6.07 Å². The Morgan fingerprint density at radius 1 is 1.00 bits per heavy atom. The van der Waals surface area contributed by atoms with Gasteiger partial charge in [0.15, 0.2) is 5.78 Å². The van der Waals surface area contributed by atoms with Gasteiger partial charge in [0, 0.05) is 47.7 Å². The van der Waals surface area contributed by atoms with E-state index in [0.717, 1.165) is 56.5 Å². The molecule has 1 amide bonds. The molecular weight excluding hydrogens is 609 g/mol. The number of halogens is 3. The van der Waals surface area contributed by atoms with Crippen molar-refractivity contribution in [3.63, 3.8) is 0 Å². The van der Waals surface area contributed by atoms with Gasteiger partial charge in [-0.2, -0.15) is 13.2 Å². The van der Waals surface area contributed by atoms with Crippen LogP contribution in [0.5, 0.6) is 5.75 Å². The molecular formula is C35H43F3N6O3. The predicted octanol–water partition coefficient (Wildman–Crippen LogP) is 5.17. The maximum atomic E-state index is 13.5. The van der Waals surface area contributed by atoms with E-state index >= 15 is 0 Å². The van der Waals surface area contributed by atoms with Gasteiger partial charge in [-0.15, -0.1) is 0 Å². The molecule has 2 aliphatic heterocycles. The van der Waals surface area contributed by atoms with Crippen molar-refractivity contribution in [2.24, 2.45) is 16.5 Å². The molecule has 1 aliphatic carbocycles. The molecule has 3 aliphatic rings. The number of phenolic OH excluding ortho intramolecular Hbond substituents is 1. The summed E-state index contributed by atoms with van der Waals surface area (Å²) in [5, 5.41) is 12.9. The minimum absolute atomic E-state index is 0.0496. The highest BCUT2D eigenvalue weighted by Crippen LogP contribution is 2.33. The number of allylic oxidation sites excluding steroid dienone is 1. The van der Waals surface area contributed by atoms with E-state index in [0.29, 0.717) is 11.6 Å². The van der Waals surface area contributed by atoms with E-state index in [4.69, 9.17) is 11.5 Å². The lowest BCUT2D eigenvalue weighted by atomic mass is 9.91. The van der Waals surface area contributed by atoms with Crippen LogP contribution >= 0.6 is 0 Å². The fourth-order valence-electron chi connectivity index (χ4n) is 6.67. The molecule has 6 N–H and O–H groups in total. The van der Waals surface area contributed by atoms with Gasteiger partial charge in [-0.1, -0.05) is 24.6 Å². The third-order valence-electron chi connectivity index (χ3n) is 9.27. The van der Waals surface area contributed by atoms with Crippen molar-refractivity contribution in [1.29, 1.82) is 0 Å². The Bertz CT molecular complexity index is 1520. The number of hydrogen-bond acceptors (Lipinski definition) is 8. The van der Waals surface area contributed by atoms with Gasteiger partial charge in [-0.25, -0.2) is 0 Å². The third kappa shape index (κ3) is 8.88. The van der Waals surface area contributed by atoms with Crippen LogP contribution in [0.2, 0.25) is 0 Å². The number of carbonyl (C=O) groups excluding carboxylic acids is 2. The van der Waals surface area contributed by atoms with Crippen molar-refractivity contribution >= 4 is 23.6 Å². The fourth-order valence-corrected chi connectivity index (χ4v) is 6.67. The Hall–Kier alpha value is -4.00. The second-order valence-corrected chi connectivity index (χ2v) is 12.6. The predicted molar refractivity (Wildman–Crippen MR) is 176 cm³/mol. The number of nitrogens with one attached hydrogen (secondary N) is 1. The average molecular weight is 653 g/mol. The highest BCUT2D eigenvalue weighted by Gasteiger charge is 2.39. The van der Waals surface area contributed by atoms with Crippen molar-refractivity contribution in [3.8, 4) is 5.75 Å². The molecule has 2 heterocycles. The van der Waals surface area contributed by atoms with Crippen LogP contribution in [0.1, 0.15) is 71.2 Å². The molecule has 1 unspecified atom stereocenters. The number of anilines is 1. The molecule has 252 valence electrons. The molecule has 5 rings (SSSR count). The summed E-state index contributed by atoms with van der Waals surface area (Å²) in [5.41, 5.74) is 11.9. The molecule has 2 atom stereocenters. The third-order valence-corrected chi connectivity index (χ3v) is 9.27. The molecule has 47 heavy (non-hydrogen) atoms. The van der Waals surface area contributed by atoms with Crippen molar-refractivity contribution in [1.82, 2.24) is 9.80 Å². The summed E-state index contributed by atoms with van der Waals surface area (Å²) in [4.78, 5) is 36.1. The average Bonchev–Trinajstić information content (AvgIpc) is 3.06. The lowest BCUT2D eigenvalue weighted by Crippen LogP contribution is -2.46. The molecule has 0 bridgehead atoms. The van der Waals surface area contributed by atoms with Crippen LogP contribution in [-0.2, 0) is 6.54 Å². The zero-order valence-electron chi connectivity index (χ0n) is 26.4. The van der Waals surface area contributed by atoms with E-state index in [9.17, 15) is 27.9 Å². The number of Topliss-reactive ketones (excluding diaryl/α,β-unsaturated/α-hetero) is 1. The van der Waals surface area contributed by atoms with Crippen LogP contribution in [0.4, 0.5) is 18.9 Å². The van der Waals surface area contributed by atoms with Crippen LogP contribution in [0.25, 0.3) is 0 Å². The molecule has 2 fully saturated rings. The highest BCUT2D eigenvalue weighted by molar-refractivity contribution is 6.24. The van der Waals surface area contributed by atoms with E-state index in [-0.39, 0.29) is 35.4 Å². The second kappa shape index (κ2) is 15.3. The van der Waals surface area contributed by atoms with Crippen molar-refractivity contribution in [2.75, 3.05) is 31.5 Å². The Balaban J connectivity index is 1.24. The molecule has 0 saturated carbocycles. The molecule has 0 radical (unpaired) electrons. The summed E-state index contributed by atoms with van der Waals surface area (Å²) in [6.45, 7) is 5.14. The normalized spacial score (nSPS) is 22.3. The van der Waals surface area contributed by atoms with Gasteiger partial charge in [-0.05, 0) is 101 Å². The zero-order chi connectivity index (χ0) is 33.6. The quantitative estimate of drug-likeness (QED) is 0.0965. The number of benzene rings is 2. The first-order valence-corrected chi connectivity index (χ1v) is 16.3. The summed E-state index contributed by atoms with van der Waals surface area (Å²) in [6.07, 6.45) is 5.04. The van der Waals surface area contributed by atoms with Crippen LogP contribution in [0, 0.1) is 0 Å². The molecule has 2 saturated heterocycles. The summed E-state index contributed by atoms with van der Waals surface area (Å²) < 4.78 is 40.0. The Labute approximate surface area is 273 Å². The van der Waals surface area contributed by atoms with Crippen molar-refractivity contribution < 1.29 is 27.9 Å². The number of piperidine rings is 2. The number of hydrogen-bond donors (Lipinski definition) is 4. The van der Waals surface area contributed by atoms with E-state index in [1.807, 2.05) is 18.2 Å². The van der Waals surface area contributed by atoms with E-state index in [2.05, 4.69) is 20.1 Å². The number of likely N-dealkylation sites (tertiary alicyclic amines) is 2. The largest absolute Gasteiger partial charge is 0.508 e. The van der Waals surface area contributed by atoms with Crippen molar-refractivity contribution in [3.05, 3.63) is 82.6 Å². The maximum absolute atomic E-state index is 13.5. The number of phenols is 1. The summed E-state index contributed by atoms with van der Waals surface area (Å²) in [5.74, 6) is -1.33. The first-order valence-electron chi connectivity index (χ1n) is 16.3. The molecule has 2 aromatic rings. The monoisotopic (exact) mass is 652 g/mol. The van der Waals surface area contributed by atoms with E-state index in [1.165, 1.54) is 50.6 Å². The van der Waals surface area contributed by atoms with Crippen LogP contribution < -0.4 is 16.8 Å². The molecule has 9 nitrogen and oxygen atoms in total. The number of amides is 1. The summed E-state index contributed by atoms with van der Waals surface area (Å²) >= 11 is 0. The SMILES string of the molecule is NC=C(C=N[C@H]1C=C(C(F)(F)F)C(N)CC1)C(=O)c1cc(O)ccc1NC(=O)c1cccc(CN2CCC(N3CCCCC3)CC2)c1. The van der Waals surface area contributed by atoms with Crippen LogP contribution in [-0.4, -0.2) is 83.3 Å². The summed E-state index contributed by atoms with van der Waals surface area (Å²) in [6, 6.07) is 9.97. The van der Waals surface area contributed by atoms with Gasteiger partial charge in [0.1, 0.15) is 5.75 Å². The first kappa shape index (κ1) is 34.3. The molecule has 12 heteroatoms. The van der Waals surface area contributed by atoms with Gasteiger partial charge >= 0.3 is 6.18 Å². The molecule has 0 spiro atoms. The first-order chi connectivity index (χ1) is 22.5. The Morgan fingerprint density at radius 2 is 1.74 bits per heavy atom. The summed E-state index contributed by atoms with van der Waals surface area (Å²) in [7, 11) is 0. The number of rotatable bonds is 9. The fraction of sp³-hybridized carbons (Fsp3) is 0.457. The van der Waals surface area contributed by atoms with Gasteiger partial charge < -0.3 is 26.8 Å². The maximum Gasteiger partial charge on any atom is 0.413 e. The topological polar surface area (TPSA) is 137 Å². The van der Waals surface area contributed by atoms with Crippen LogP contribution in [0.3, 0.4) is 0 Å². The lowest BCUT2D eigenvalue weighted by Gasteiger charge is -2.40. The number of nitrogens with two attached hydrogens (primary N) is 2. The van der Waals surface area contributed by atoms with Gasteiger partial charge in [-0.3, -0.25) is 19.5 Å². The number of carbonyl (C=O) groups is 2. The number of nitrogens with zero attached hydrogens (tertiary/aromatic N) is 3. The van der Waals surface area contributed by atoms with Gasteiger partial charge in [0.05, 0.1) is 17.3 Å². The zero-order valence-corrected chi connectivity index (χ0v) is 26.4. The highest BCUT2D eigenvalue weighted by atomic mass is 19.4. The smallest absolute Gasteiger partial charge is 0.413 e. The minimum atomic E-state index is -4.58. The number of ketones is 1. The number of aliphatic imine (C=N–C) groups is 1. The van der Waals surface area contributed by atoms with Gasteiger partial charge in [0.25, 0.3) is 5.91 Å². The standard InChI is InChI=1S/C35H43F3N6O3/c36-35(37,38)30-18-26(7-9-31(30)40)41-21-25(20-39)33(46)29-19-28(45)8-10-32(29)42-34(47)24-6-4-5-23(17-24)22-43-15-11-27(12-16-43)44-13-2-1-3-14-44/h4-6,8,10,17-21,26-27,31,45H,1-3,7,9,11-16,22,39-40H2,(H,42,47)/t26-,31?/m1/s1. The second-order valence-electron chi connectivity index (χ2n) is 12.6. The molecule has 0 aromatic heterocycles. The van der Waals surface area contributed by atoms with Crippen LogP contribution in [0.15, 0.2) is 70.9 Å². The molecule has 2 aromatic carbocycles.